The van der Waals surface area contributed by atoms with Crippen molar-refractivity contribution in [3.8, 4) is 0 Å². The minimum Gasteiger partial charge on any atom is -0.444 e. The lowest BCUT2D eigenvalue weighted by Crippen LogP contribution is -2.62. The highest BCUT2D eigenvalue weighted by Gasteiger charge is 2.25. The first-order valence-electron chi connectivity index (χ1n) is 8.79. The Balaban J connectivity index is 2.46. The molecule has 1 rings (SSSR count). The molecule has 1 atom stereocenters. The van der Waals surface area contributed by atoms with E-state index in [9.17, 15) is 4.79 Å². The molecule has 146 valence electrons. The molecule has 0 saturated heterocycles. The molecule has 26 heavy (non-hydrogen) atoms. The molecule has 1 aromatic rings. The van der Waals surface area contributed by atoms with Crippen LogP contribution in [0.4, 0.5) is 4.79 Å². The number of hydrogen-bond acceptors (Lipinski definition) is 5. The lowest BCUT2D eigenvalue weighted by Gasteiger charge is -2.32. The van der Waals surface area contributed by atoms with Gasteiger partial charge >= 0.3 is 6.09 Å². The molecule has 0 aliphatic carbocycles. The summed E-state index contributed by atoms with van der Waals surface area (Å²) in [5, 5.41) is 2.78. The van der Waals surface area contributed by atoms with Crippen molar-refractivity contribution in [2.75, 3.05) is 6.61 Å². The molecule has 0 saturated carbocycles. The van der Waals surface area contributed by atoms with Crippen LogP contribution in [-0.4, -0.2) is 30.0 Å². The minimum absolute atomic E-state index is 0.0987. The second-order valence-corrected chi connectivity index (χ2v) is 7.92. The predicted octanol–water partition coefficient (Wildman–Crippen LogP) is 3.50. The molecule has 0 bridgehead atoms. The fraction of sp³-hybridized carbons (Fsp3) is 0.550. The van der Waals surface area contributed by atoms with Crippen LogP contribution in [0, 0.1) is 0 Å². The first-order valence-corrected chi connectivity index (χ1v) is 8.79. The molecule has 6 nitrogen and oxygen atoms in total. The third-order valence-electron chi connectivity index (χ3n) is 3.36. The Kier molecular flexibility index (Phi) is 8.27. The van der Waals surface area contributed by atoms with Crippen molar-refractivity contribution in [3.05, 3.63) is 48.0 Å². The smallest absolute Gasteiger partial charge is 0.409 e. The van der Waals surface area contributed by atoms with E-state index in [-0.39, 0.29) is 6.04 Å². The van der Waals surface area contributed by atoms with Gasteiger partial charge in [-0.25, -0.2) is 15.6 Å². The lowest BCUT2D eigenvalue weighted by molar-refractivity contribution is 0.0430. The summed E-state index contributed by atoms with van der Waals surface area (Å²) in [6.45, 7) is 16.1. The fourth-order valence-corrected chi connectivity index (χ4v) is 2.03. The number of amides is 1. The van der Waals surface area contributed by atoms with Gasteiger partial charge < -0.3 is 14.8 Å². The number of alkyl carbamates (subject to hydrolysis) is 1. The SMILES string of the molecule is C=C(C)[C@@H](COCc1ccccc1)NNC(C)(C)NC(=O)OC(C)(C)C. The molecule has 0 aromatic heterocycles. The molecule has 3 N–H and O–H groups in total. The number of carbonyl (C=O) groups is 1. The van der Waals surface area contributed by atoms with Gasteiger partial charge in [0.1, 0.15) is 11.3 Å². The molecule has 0 heterocycles. The zero-order chi connectivity index (χ0) is 19.8. The second-order valence-electron chi connectivity index (χ2n) is 7.92. The molecule has 1 aromatic carbocycles. The Bertz CT molecular complexity index is 580. The van der Waals surface area contributed by atoms with Crippen LogP contribution in [0.25, 0.3) is 0 Å². The van der Waals surface area contributed by atoms with Crippen molar-refractivity contribution in [2.45, 2.75) is 65.5 Å². The standard InChI is InChI=1S/C20H33N3O3/c1-15(2)17(14-25-13-16-11-9-8-10-12-16)22-23-20(6,7)21-18(24)26-19(3,4)5/h8-12,17,22-23H,1,13-14H2,2-7H3,(H,21,24)/t17-/m1/s1. The number of ether oxygens (including phenoxy) is 2. The van der Waals surface area contributed by atoms with E-state index in [4.69, 9.17) is 9.47 Å². The van der Waals surface area contributed by atoms with Crippen LogP contribution in [0.3, 0.4) is 0 Å². The maximum absolute atomic E-state index is 11.9. The van der Waals surface area contributed by atoms with Crippen LogP contribution >= 0.6 is 0 Å². The number of rotatable bonds is 9. The van der Waals surface area contributed by atoms with Gasteiger partial charge in [0.05, 0.1) is 19.3 Å². The maximum Gasteiger partial charge on any atom is 0.409 e. The Morgan fingerprint density at radius 2 is 1.77 bits per heavy atom. The molecule has 0 aliphatic heterocycles. The minimum atomic E-state index is -0.713. The first kappa shape index (κ1) is 22.2. The summed E-state index contributed by atoms with van der Waals surface area (Å²) in [4.78, 5) is 11.9. The highest BCUT2D eigenvalue weighted by Crippen LogP contribution is 2.09. The van der Waals surface area contributed by atoms with E-state index in [0.717, 1.165) is 11.1 Å². The third-order valence-corrected chi connectivity index (χ3v) is 3.36. The summed E-state index contributed by atoms with van der Waals surface area (Å²) in [7, 11) is 0. The number of hydrazine groups is 1. The molecular weight excluding hydrogens is 330 g/mol. The van der Waals surface area contributed by atoms with Crippen LogP contribution in [-0.2, 0) is 16.1 Å². The lowest BCUT2D eigenvalue weighted by atomic mass is 10.1. The zero-order valence-corrected chi connectivity index (χ0v) is 16.8. The van der Waals surface area contributed by atoms with E-state index < -0.39 is 17.4 Å². The van der Waals surface area contributed by atoms with E-state index in [1.165, 1.54) is 0 Å². The molecular formula is C20H33N3O3. The van der Waals surface area contributed by atoms with E-state index in [2.05, 4.69) is 22.7 Å². The van der Waals surface area contributed by atoms with Gasteiger partial charge in [0, 0.05) is 0 Å². The Hall–Kier alpha value is -1.89. The molecule has 1 amide bonds. The summed E-state index contributed by atoms with van der Waals surface area (Å²) < 4.78 is 11.1. The summed E-state index contributed by atoms with van der Waals surface area (Å²) in [5.74, 6) is 0. The molecule has 0 fully saturated rings. The van der Waals surface area contributed by atoms with Gasteiger partial charge in [-0.3, -0.25) is 0 Å². The van der Waals surface area contributed by atoms with Crippen molar-refractivity contribution in [2.24, 2.45) is 0 Å². The van der Waals surface area contributed by atoms with Gasteiger partial charge in [-0.1, -0.05) is 42.5 Å². The summed E-state index contributed by atoms with van der Waals surface area (Å²) in [5.41, 5.74) is 7.06. The van der Waals surface area contributed by atoms with Crippen molar-refractivity contribution in [1.82, 2.24) is 16.2 Å². The van der Waals surface area contributed by atoms with E-state index in [1.54, 1.807) is 0 Å². The zero-order valence-electron chi connectivity index (χ0n) is 16.8. The van der Waals surface area contributed by atoms with Crippen LogP contribution in [0.1, 0.15) is 47.1 Å². The largest absolute Gasteiger partial charge is 0.444 e. The Morgan fingerprint density at radius 3 is 2.31 bits per heavy atom. The highest BCUT2D eigenvalue weighted by molar-refractivity contribution is 5.68. The Labute approximate surface area is 157 Å². The second kappa shape index (κ2) is 9.71. The van der Waals surface area contributed by atoms with E-state index in [1.807, 2.05) is 71.9 Å². The first-order chi connectivity index (χ1) is 12.0. The van der Waals surface area contributed by atoms with Gasteiger partial charge in [-0.05, 0) is 47.1 Å². The average molecular weight is 364 g/mol. The molecule has 0 unspecified atom stereocenters. The number of hydrogen-bond donors (Lipinski definition) is 3. The average Bonchev–Trinajstić information content (AvgIpc) is 2.48. The van der Waals surface area contributed by atoms with Crippen LogP contribution < -0.4 is 16.2 Å². The normalized spacial score (nSPS) is 13.2. The number of nitrogens with one attached hydrogen (secondary N) is 3. The number of benzene rings is 1. The van der Waals surface area contributed by atoms with Crippen LogP contribution in [0.5, 0.6) is 0 Å². The molecule has 0 spiro atoms. The quantitative estimate of drug-likeness (QED) is 0.356. The summed E-state index contributed by atoms with van der Waals surface area (Å²) in [6, 6.07) is 9.90. The third kappa shape index (κ3) is 9.56. The fourth-order valence-electron chi connectivity index (χ4n) is 2.03. The van der Waals surface area contributed by atoms with Gasteiger partial charge in [-0.15, -0.1) is 0 Å². The number of carbonyl (C=O) groups excluding carboxylic acids is 1. The molecule has 0 aliphatic rings. The molecule has 6 heteroatoms. The van der Waals surface area contributed by atoms with Crippen LogP contribution in [0.2, 0.25) is 0 Å². The van der Waals surface area contributed by atoms with Gasteiger partial charge in [0.25, 0.3) is 0 Å². The van der Waals surface area contributed by atoms with Crippen LogP contribution in [0.15, 0.2) is 42.5 Å². The van der Waals surface area contributed by atoms with Crippen molar-refractivity contribution in [1.29, 1.82) is 0 Å². The Morgan fingerprint density at radius 1 is 1.15 bits per heavy atom. The monoisotopic (exact) mass is 363 g/mol. The topological polar surface area (TPSA) is 71.6 Å². The van der Waals surface area contributed by atoms with Gasteiger partial charge in [0.2, 0.25) is 0 Å². The maximum atomic E-state index is 11.9. The van der Waals surface area contributed by atoms with E-state index >= 15 is 0 Å². The van der Waals surface area contributed by atoms with E-state index in [0.29, 0.717) is 13.2 Å². The van der Waals surface area contributed by atoms with Gasteiger partial charge in [0.15, 0.2) is 0 Å². The van der Waals surface area contributed by atoms with Crippen molar-refractivity contribution in [3.63, 3.8) is 0 Å². The van der Waals surface area contributed by atoms with Crippen molar-refractivity contribution < 1.29 is 14.3 Å². The van der Waals surface area contributed by atoms with Gasteiger partial charge in [-0.2, -0.15) is 0 Å². The van der Waals surface area contributed by atoms with Crippen molar-refractivity contribution >= 4 is 6.09 Å². The highest BCUT2D eigenvalue weighted by atomic mass is 16.6. The molecule has 0 radical (unpaired) electrons. The summed E-state index contributed by atoms with van der Waals surface area (Å²) in [6.07, 6.45) is -0.482. The summed E-state index contributed by atoms with van der Waals surface area (Å²) >= 11 is 0. The predicted molar refractivity (Wildman–Crippen MR) is 104 cm³/mol.